The monoisotopic (exact) mass is 1730 g/mol. The minimum absolute atomic E-state index is 0.00819. The van der Waals surface area contributed by atoms with E-state index in [4.69, 9.17) is 87.3 Å². The quantitative estimate of drug-likeness (QED) is 0.0119. The van der Waals surface area contributed by atoms with Crippen molar-refractivity contribution in [3.63, 3.8) is 0 Å². The number of methoxy groups -OCH3 is 3. The molecule has 2 bridgehead atoms. The minimum Gasteiger partial charge on any atom is -0.460 e. The molecule has 1 amide bonds. The topological polar surface area (TPSA) is 417 Å². The maximum Gasteiger partial charge on any atom is 0.329 e. The van der Waals surface area contributed by atoms with Gasteiger partial charge in [-0.15, -0.1) is 0 Å². The number of nitrogens with two attached hydrogens (primary N) is 2. The van der Waals surface area contributed by atoms with Gasteiger partial charge >= 0.3 is 11.9 Å². The average molecular weight is 1730 g/mol. The van der Waals surface area contributed by atoms with Crippen molar-refractivity contribution in [2.24, 2.45) is 35.5 Å². The van der Waals surface area contributed by atoms with Crippen molar-refractivity contribution in [3.8, 4) is 11.3 Å². The van der Waals surface area contributed by atoms with Gasteiger partial charge in [-0.25, -0.2) is 19.4 Å². The van der Waals surface area contributed by atoms with Crippen molar-refractivity contribution < 1.29 is 115 Å². The Hall–Kier alpha value is -7.38. The van der Waals surface area contributed by atoms with Crippen molar-refractivity contribution in [1.29, 1.82) is 0 Å². The summed E-state index contributed by atoms with van der Waals surface area (Å²) in [6.45, 7) is 25.4. The lowest BCUT2D eigenvalue weighted by atomic mass is 9.78. The highest BCUT2D eigenvalue weighted by Crippen LogP contribution is 2.40. The summed E-state index contributed by atoms with van der Waals surface area (Å²) in [5, 5.41) is 41.2. The molecule has 2 saturated heterocycles. The molecule has 690 valence electrons. The summed E-state index contributed by atoms with van der Waals surface area (Å²) in [6.07, 6.45) is 15.8. The Labute approximate surface area is 725 Å². The molecule has 1 aliphatic carbocycles. The average Bonchev–Trinajstić information content (AvgIpc) is 1.72. The number of aliphatic hydroxyl groups excluding tert-OH is 2. The molecule has 123 heavy (non-hydrogen) atoms. The number of esters is 2. The molecule has 16 atom stereocenters. The van der Waals surface area contributed by atoms with Gasteiger partial charge in [0.05, 0.1) is 116 Å². The first kappa shape index (κ1) is 103. The van der Waals surface area contributed by atoms with Gasteiger partial charge in [-0.1, -0.05) is 77.5 Å². The van der Waals surface area contributed by atoms with Gasteiger partial charge in [0.1, 0.15) is 59.6 Å². The third-order valence-corrected chi connectivity index (χ3v) is 23.3. The number of amides is 1. The van der Waals surface area contributed by atoms with Gasteiger partial charge < -0.3 is 102 Å². The Balaban J connectivity index is 0.000000451. The van der Waals surface area contributed by atoms with Crippen molar-refractivity contribution in [1.82, 2.24) is 29.6 Å². The minimum atomic E-state index is -2.45. The van der Waals surface area contributed by atoms with Crippen LogP contribution in [0.5, 0.6) is 0 Å². The van der Waals surface area contributed by atoms with Crippen molar-refractivity contribution in [3.05, 3.63) is 72.1 Å². The molecule has 7 N–H and O–H groups in total. The fraction of sp³-hybridized carbons (Fsp3) is 0.714. The van der Waals surface area contributed by atoms with Crippen LogP contribution in [0.1, 0.15) is 184 Å². The van der Waals surface area contributed by atoms with Gasteiger partial charge in [0.2, 0.25) is 5.79 Å². The Morgan fingerprint density at radius 2 is 1.35 bits per heavy atom. The predicted molar refractivity (Wildman–Crippen MR) is 462 cm³/mol. The van der Waals surface area contributed by atoms with E-state index < -0.39 is 96.1 Å². The number of aliphatic hydroxyl groups is 3. The van der Waals surface area contributed by atoms with Crippen LogP contribution in [-0.2, 0) is 102 Å². The number of carbonyl (C=O) groups is 6. The molecule has 0 spiro atoms. The lowest BCUT2D eigenvalue weighted by molar-refractivity contribution is -0.265. The summed E-state index contributed by atoms with van der Waals surface area (Å²) >= 11 is 0. The fourth-order valence-electron chi connectivity index (χ4n) is 16.1. The number of aryl methyl sites for hydroxylation is 1. The van der Waals surface area contributed by atoms with Crippen LogP contribution in [-0.4, -0.2) is 274 Å². The van der Waals surface area contributed by atoms with Crippen LogP contribution in [0.15, 0.2) is 76.5 Å². The highest BCUT2D eigenvalue weighted by atomic mass is 16.6. The van der Waals surface area contributed by atoms with Crippen molar-refractivity contribution in [2.45, 2.75) is 252 Å². The number of rotatable bonds is 41. The number of cyclic esters (lactones) is 1. The normalized spacial score (nSPS) is 27.4. The second kappa shape index (κ2) is 55.3. The number of nitrogen functional groups attached to an aromatic ring is 2. The summed E-state index contributed by atoms with van der Waals surface area (Å²) in [5.74, 6) is -7.45. The summed E-state index contributed by atoms with van der Waals surface area (Å²) in [6, 6.07) is 4.50. The van der Waals surface area contributed by atoms with Gasteiger partial charge in [0.15, 0.2) is 17.0 Å². The number of allylic oxidation sites excluding steroid dienone is 5. The molecule has 4 aliphatic rings. The Kier molecular flexibility index (Phi) is 46.1. The number of benzene rings is 1. The molecule has 32 nitrogen and oxygen atoms in total. The molecular formula is C91H142N8O24. The zero-order valence-corrected chi connectivity index (χ0v) is 74.8. The lowest BCUT2D eigenvalue weighted by Gasteiger charge is -2.43. The van der Waals surface area contributed by atoms with E-state index in [2.05, 4.69) is 15.0 Å². The zero-order chi connectivity index (χ0) is 89.2. The Bertz CT molecular complexity index is 3960. The molecule has 8 rings (SSSR count). The molecule has 1 aromatic carbocycles. The van der Waals surface area contributed by atoms with Crippen LogP contribution in [0, 0.1) is 35.5 Å². The first-order valence-corrected chi connectivity index (χ1v) is 44.4. The van der Waals surface area contributed by atoms with Crippen molar-refractivity contribution in [2.75, 3.05) is 145 Å². The Morgan fingerprint density at radius 1 is 0.683 bits per heavy atom. The molecule has 3 aromatic heterocycles. The van der Waals surface area contributed by atoms with E-state index >= 15 is 0 Å². The predicted octanol–water partition coefficient (Wildman–Crippen LogP) is 10.8. The van der Waals surface area contributed by atoms with Gasteiger partial charge in [-0.2, -0.15) is 10.1 Å². The van der Waals surface area contributed by atoms with E-state index in [0.717, 1.165) is 30.4 Å². The second-order valence-corrected chi connectivity index (χ2v) is 32.8. The number of hydrogen-bond donors (Lipinski definition) is 5. The maximum absolute atomic E-state index is 14.7. The summed E-state index contributed by atoms with van der Waals surface area (Å²) in [7, 11) is 4.56. The van der Waals surface area contributed by atoms with Crippen molar-refractivity contribution >= 4 is 69.2 Å². The highest BCUT2D eigenvalue weighted by molar-refractivity contribution is 6.39. The molecule has 0 unspecified atom stereocenters. The molecule has 1 saturated carbocycles. The van der Waals surface area contributed by atoms with E-state index in [-0.39, 0.29) is 67.1 Å². The molecule has 0 radical (unpaired) electrons. The molecule has 32 heteroatoms. The number of nitrogens with zero attached hydrogens (tertiary/aromatic N) is 6. The lowest BCUT2D eigenvalue weighted by Crippen LogP contribution is -2.61. The van der Waals surface area contributed by atoms with E-state index in [1.165, 1.54) is 18.3 Å². The standard InChI is InChI=1S/C65H107NO19.C26H35N7O5/c1-12-78-29-30-80-33-34-82-36-35-81-32-31-79-28-18-22-58(68)83-54-26-24-50(40-57(54)76-10)39-46(5)56-42-53(67)45(4)38-48(7)60(70)61(77-11)59(69)47(6)37-43(2)19-14-13-15-20-44(3)55(75-9)41-51-25-23-49(8)65(74,85-51)62(71)63(72)66-27-17-16-21-52(66)64(73)84-56;1-2-35-12-13-37-15-14-36-11-9-19(34)6-4-3-5-10-33-25-22(24(27)29-17-30-25)23(32-33)18-7-8-21-20(16-18)31-26(28)38-21/h13-15,19-20,38,43,45-47,49-57,60-61,67,70,74H,12,16-18,21-37,39-42H2,1-11H3;7-8,16-17H,2-6,9-15H2,1H3,(H2,28,31)(H2,27,29,30)/b15-13+,19-14+,44-20+,48-38+;/t43-,45-,46-,47-,49-,50+,51+,52+,53-,54-,55+,56+,57-,60-,61+,65-;/m1./s1. The first-order chi connectivity index (χ1) is 59.2. The van der Waals surface area contributed by atoms with Crippen LogP contribution < -0.4 is 11.5 Å². The number of carbonyl (C=O) groups excluding carboxylic acids is 6. The molecule has 4 aromatic rings. The molecule has 6 heterocycles. The molecular weight excluding hydrogens is 1590 g/mol. The summed E-state index contributed by atoms with van der Waals surface area (Å²) in [4.78, 5) is 96.6. The molecule has 3 aliphatic heterocycles. The van der Waals surface area contributed by atoms with Gasteiger partial charge in [-0.05, 0) is 158 Å². The third-order valence-electron chi connectivity index (χ3n) is 23.3. The number of ketones is 3. The number of fused-ring (bicyclic) bond motifs is 5. The third kappa shape index (κ3) is 33.4. The number of anilines is 2. The first-order valence-electron chi connectivity index (χ1n) is 44.4. The largest absolute Gasteiger partial charge is 0.460 e. The summed E-state index contributed by atoms with van der Waals surface area (Å²) in [5.41, 5.74) is 16.6. The van der Waals surface area contributed by atoms with E-state index in [0.29, 0.717) is 235 Å². The highest BCUT2D eigenvalue weighted by Gasteiger charge is 2.53. The van der Waals surface area contributed by atoms with E-state index in [9.17, 15) is 44.1 Å². The maximum atomic E-state index is 14.7. The van der Waals surface area contributed by atoms with Crippen LogP contribution in [0.3, 0.4) is 0 Å². The smallest absolute Gasteiger partial charge is 0.329 e. The Morgan fingerprint density at radius 3 is 2.01 bits per heavy atom. The summed E-state index contributed by atoms with van der Waals surface area (Å²) < 4.78 is 86.7. The van der Waals surface area contributed by atoms with Gasteiger partial charge in [-0.3, -0.25) is 24.0 Å². The fourth-order valence-corrected chi connectivity index (χ4v) is 16.1. The number of ether oxygens (including phenoxy) is 14. The van der Waals surface area contributed by atoms with E-state index in [1.54, 1.807) is 47.1 Å². The second-order valence-electron chi connectivity index (χ2n) is 32.8. The number of Topliss-reactive ketones (excluding diaryl/α,β-unsaturated/α-hetero) is 3. The van der Waals surface area contributed by atoms with Crippen LogP contribution in [0.2, 0.25) is 0 Å². The van der Waals surface area contributed by atoms with Crippen LogP contribution in [0.25, 0.3) is 33.4 Å². The zero-order valence-electron chi connectivity index (χ0n) is 74.8. The van der Waals surface area contributed by atoms with Gasteiger partial charge in [0, 0.05) is 110 Å². The molecule has 3 fully saturated rings. The van der Waals surface area contributed by atoms with Gasteiger partial charge in [0.25, 0.3) is 17.7 Å². The van der Waals surface area contributed by atoms with Crippen LogP contribution >= 0.6 is 0 Å². The SMILES string of the molecule is CCOCCOCCOCCC(=O)CCCCCn1nc(-c2ccc3oc(N)nc3c2)c2c(N)ncnc21.CCOCCOCCOCCOCCOCCCC(=O)O[C@@H]1CC[C@@H](C[C@@H](C)[C@@H]2C[C@@H](O)[C@H](C)/C=C(\C)[C@@H](O)[C@@H](OC)C(=O)[C@H](C)C[C@H](C)/C=C/C=C/C=C(\C)[C@@H](OC)C[C@@H]3CC[C@@H](C)[C@@](O)(O3)C(=O)C(=O)N3CCCC[C@H]3C(=O)O2)C[C@H]1OC. The van der Waals surface area contributed by atoms with Crippen LogP contribution in [0.4, 0.5) is 11.8 Å². The number of unbranched alkanes of at least 4 members (excludes halogenated alkanes) is 2. The van der Waals surface area contributed by atoms with E-state index in [1.807, 2.05) is 88.7 Å². The number of piperidine rings is 1. The number of hydrogen-bond acceptors (Lipinski definition) is 30. The number of oxazole rings is 1. The number of aromatic nitrogens is 5.